The number of hydrogen-bond donors (Lipinski definition) is 1. The van der Waals surface area contributed by atoms with E-state index in [2.05, 4.69) is 40.0 Å². The summed E-state index contributed by atoms with van der Waals surface area (Å²) in [6.45, 7) is 8.36. The molecule has 1 saturated heterocycles. The van der Waals surface area contributed by atoms with Gasteiger partial charge in [-0.3, -0.25) is 4.90 Å². The van der Waals surface area contributed by atoms with Gasteiger partial charge in [-0.25, -0.2) is 4.39 Å². The van der Waals surface area contributed by atoms with Crippen LogP contribution in [0.1, 0.15) is 31.9 Å². The maximum atomic E-state index is 14.3. The molecule has 1 aromatic carbocycles. The molecule has 0 aliphatic carbocycles. The lowest BCUT2D eigenvalue weighted by atomic mass is 9.90. The predicted molar refractivity (Wildman–Crippen MR) is 95.2 cm³/mol. The third-order valence-corrected chi connectivity index (χ3v) is 4.50. The van der Waals surface area contributed by atoms with Crippen LogP contribution >= 0.6 is 40.7 Å². The second-order valence-corrected chi connectivity index (χ2v) is 6.20. The van der Waals surface area contributed by atoms with E-state index < -0.39 is 0 Å². The Labute approximate surface area is 147 Å². The van der Waals surface area contributed by atoms with Gasteiger partial charge < -0.3 is 5.32 Å². The molecule has 0 spiro atoms. The summed E-state index contributed by atoms with van der Waals surface area (Å²) in [6.07, 6.45) is 1.06. The molecule has 0 radical (unpaired) electrons. The van der Waals surface area contributed by atoms with Crippen LogP contribution in [0.25, 0.3) is 0 Å². The van der Waals surface area contributed by atoms with Gasteiger partial charge in [0, 0.05) is 42.3 Å². The Bertz CT molecular complexity index is 428. The van der Waals surface area contributed by atoms with Crippen LogP contribution in [0.2, 0.25) is 0 Å². The van der Waals surface area contributed by atoms with Gasteiger partial charge in [0.15, 0.2) is 0 Å². The smallest absolute Gasteiger partial charge is 0.129 e. The van der Waals surface area contributed by atoms with E-state index in [1.165, 1.54) is 0 Å². The third-order valence-electron chi connectivity index (χ3n) is 4.01. The van der Waals surface area contributed by atoms with Crippen LogP contribution in [0, 0.1) is 11.7 Å². The Morgan fingerprint density at radius 2 is 1.90 bits per heavy atom. The highest BCUT2D eigenvalue weighted by molar-refractivity contribution is 9.10. The van der Waals surface area contributed by atoms with Crippen molar-refractivity contribution in [2.75, 3.05) is 26.2 Å². The molecule has 2 rings (SSSR count). The molecule has 1 fully saturated rings. The highest BCUT2D eigenvalue weighted by Crippen LogP contribution is 2.33. The van der Waals surface area contributed by atoms with Crippen LogP contribution in [-0.2, 0) is 0 Å². The van der Waals surface area contributed by atoms with Crippen molar-refractivity contribution in [3.8, 4) is 0 Å². The van der Waals surface area contributed by atoms with Crippen molar-refractivity contribution < 1.29 is 4.39 Å². The minimum absolute atomic E-state index is 0. The van der Waals surface area contributed by atoms with Crippen LogP contribution < -0.4 is 5.32 Å². The molecule has 6 heteroatoms. The van der Waals surface area contributed by atoms with Gasteiger partial charge in [-0.15, -0.1) is 24.8 Å². The van der Waals surface area contributed by atoms with Crippen molar-refractivity contribution in [2.24, 2.45) is 5.92 Å². The van der Waals surface area contributed by atoms with E-state index in [9.17, 15) is 4.39 Å². The first kappa shape index (κ1) is 21.1. The molecule has 1 aromatic rings. The molecule has 122 valence electrons. The zero-order valence-electron chi connectivity index (χ0n) is 12.4. The largest absolute Gasteiger partial charge is 0.314 e. The van der Waals surface area contributed by atoms with E-state index in [0.717, 1.165) is 42.6 Å². The minimum Gasteiger partial charge on any atom is -0.314 e. The summed E-state index contributed by atoms with van der Waals surface area (Å²) in [6, 6.07) is 5.63. The third kappa shape index (κ3) is 5.36. The molecule has 2 atom stereocenters. The Balaban J connectivity index is 0.00000200. The fourth-order valence-electron chi connectivity index (χ4n) is 2.79. The summed E-state index contributed by atoms with van der Waals surface area (Å²) in [7, 11) is 0. The topological polar surface area (TPSA) is 15.3 Å². The van der Waals surface area contributed by atoms with Gasteiger partial charge in [0.1, 0.15) is 5.82 Å². The lowest BCUT2D eigenvalue weighted by Gasteiger charge is -2.38. The number of hydrogen-bond acceptors (Lipinski definition) is 2. The van der Waals surface area contributed by atoms with Crippen LogP contribution in [0.3, 0.4) is 0 Å². The van der Waals surface area contributed by atoms with Crippen molar-refractivity contribution >= 4 is 40.7 Å². The van der Waals surface area contributed by atoms with Gasteiger partial charge in [0.25, 0.3) is 0 Å². The number of nitrogens with zero attached hydrogens (tertiary/aromatic N) is 1. The Morgan fingerprint density at radius 3 is 2.43 bits per heavy atom. The zero-order valence-corrected chi connectivity index (χ0v) is 15.7. The SMILES string of the molecule is CCC(C)[C@@H](c1ccc(Br)cc1F)N1CCNCC1.Cl.Cl. The lowest BCUT2D eigenvalue weighted by Crippen LogP contribution is -2.46. The molecule has 1 aliphatic heterocycles. The van der Waals surface area contributed by atoms with E-state index in [4.69, 9.17) is 0 Å². The first-order chi connectivity index (χ1) is 9.13. The summed E-state index contributed by atoms with van der Waals surface area (Å²) in [4.78, 5) is 2.41. The van der Waals surface area contributed by atoms with Crippen molar-refractivity contribution in [2.45, 2.75) is 26.3 Å². The maximum Gasteiger partial charge on any atom is 0.129 e. The van der Waals surface area contributed by atoms with E-state index in [-0.39, 0.29) is 36.7 Å². The van der Waals surface area contributed by atoms with Crippen molar-refractivity contribution in [3.63, 3.8) is 0 Å². The first-order valence-corrected chi connectivity index (χ1v) is 7.82. The van der Waals surface area contributed by atoms with Crippen molar-refractivity contribution in [3.05, 3.63) is 34.1 Å². The van der Waals surface area contributed by atoms with Crippen LogP contribution in [-0.4, -0.2) is 31.1 Å². The average molecular weight is 402 g/mol. The molecule has 1 aliphatic rings. The van der Waals surface area contributed by atoms with Gasteiger partial charge in [-0.05, 0) is 18.1 Å². The second-order valence-electron chi connectivity index (χ2n) is 5.28. The number of nitrogens with one attached hydrogen (secondary N) is 1. The number of piperazine rings is 1. The monoisotopic (exact) mass is 400 g/mol. The summed E-state index contributed by atoms with van der Waals surface area (Å²) in [5, 5.41) is 3.36. The first-order valence-electron chi connectivity index (χ1n) is 7.03. The van der Waals surface area contributed by atoms with Gasteiger partial charge in [0.05, 0.1) is 0 Å². The Kier molecular flexibility index (Phi) is 10.1. The summed E-state index contributed by atoms with van der Waals surface area (Å²) < 4.78 is 15.1. The van der Waals surface area contributed by atoms with E-state index in [0.29, 0.717) is 5.92 Å². The number of rotatable bonds is 4. The predicted octanol–water partition coefficient (Wildman–Crippen LogP) is 4.42. The second kappa shape index (κ2) is 10.0. The van der Waals surface area contributed by atoms with Crippen LogP contribution in [0.15, 0.2) is 22.7 Å². The Morgan fingerprint density at radius 1 is 1.29 bits per heavy atom. The molecule has 0 bridgehead atoms. The van der Waals surface area contributed by atoms with Crippen molar-refractivity contribution in [1.82, 2.24) is 10.2 Å². The molecular weight excluding hydrogens is 378 g/mol. The molecular formula is C15H24BrCl2FN2. The maximum absolute atomic E-state index is 14.3. The molecule has 0 amide bonds. The molecule has 1 heterocycles. The van der Waals surface area contributed by atoms with E-state index >= 15 is 0 Å². The highest BCUT2D eigenvalue weighted by atomic mass is 79.9. The standard InChI is InChI=1S/C15H22BrFN2.2ClH/c1-3-11(2)15(19-8-6-18-7-9-19)13-5-4-12(16)10-14(13)17;;/h4-5,10-11,15,18H,3,6-9H2,1-2H3;2*1H/t11?,15-;;/m0../s1. The van der Waals surface area contributed by atoms with Gasteiger partial charge in [-0.2, -0.15) is 0 Å². The number of halogens is 4. The minimum atomic E-state index is -0.0989. The number of benzene rings is 1. The molecule has 21 heavy (non-hydrogen) atoms. The summed E-state index contributed by atoms with van der Waals surface area (Å²) >= 11 is 3.33. The lowest BCUT2D eigenvalue weighted by molar-refractivity contribution is 0.125. The van der Waals surface area contributed by atoms with Crippen LogP contribution in [0.4, 0.5) is 4.39 Å². The van der Waals surface area contributed by atoms with E-state index in [1.54, 1.807) is 6.07 Å². The molecule has 0 saturated carbocycles. The fourth-order valence-corrected chi connectivity index (χ4v) is 3.12. The van der Waals surface area contributed by atoms with Gasteiger partial charge >= 0.3 is 0 Å². The molecule has 1 N–H and O–H groups in total. The average Bonchev–Trinajstić information content (AvgIpc) is 2.42. The van der Waals surface area contributed by atoms with Crippen molar-refractivity contribution in [1.29, 1.82) is 0 Å². The summed E-state index contributed by atoms with van der Waals surface area (Å²) in [5.41, 5.74) is 0.833. The molecule has 1 unspecified atom stereocenters. The van der Waals surface area contributed by atoms with Gasteiger partial charge in [-0.1, -0.05) is 42.3 Å². The fraction of sp³-hybridized carbons (Fsp3) is 0.600. The van der Waals surface area contributed by atoms with Gasteiger partial charge in [0.2, 0.25) is 0 Å². The Hall–Kier alpha value is 0.130. The quantitative estimate of drug-likeness (QED) is 0.802. The molecule has 0 aromatic heterocycles. The zero-order chi connectivity index (χ0) is 13.8. The summed E-state index contributed by atoms with van der Waals surface area (Å²) in [5.74, 6) is 0.354. The normalized spacial score (nSPS) is 18.3. The van der Waals surface area contributed by atoms with E-state index in [1.807, 2.05) is 12.1 Å². The molecule has 2 nitrogen and oxygen atoms in total. The van der Waals surface area contributed by atoms with Crippen LogP contribution in [0.5, 0.6) is 0 Å². The highest BCUT2D eigenvalue weighted by Gasteiger charge is 2.28.